The minimum atomic E-state index is -0.498. The number of aliphatic hydroxyl groups is 1. The molecule has 136 valence electrons. The van der Waals surface area contributed by atoms with Gasteiger partial charge in [-0.25, -0.2) is 0 Å². The Morgan fingerprint density at radius 3 is 1.80 bits per heavy atom. The van der Waals surface area contributed by atoms with E-state index in [9.17, 15) is 10.2 Å². The molecule has 25 heavy (non-hydrogen) atoms. The van der Waals surface area contributed by atoms with Crippen molar-refractivity contribution in [3.63, 3.8) is 0 Å². The lowest BCUT2D eigenvalue weighted by Gasteiger charge is -2.26. The van der Waals surface area contributed by atoms with Crippen LogP contribution in [-0.2, 0) is 0 Å². The largest absolute Gasteiger partial charge is 0.508 e. The van der Waals surface area contributed by atoms with E-state index in [2.05, 4.69) is 41.9 Å². The second-order valence-corrected chi connectivity index (χ2v) is 6.96. The summed E-state index contributed by atoms with van der Waals surface area (Å²) in [5, 5.41) is 19.6. The van der Waals surface area contributed by atoms with E-state index >= 15 is 0 Å². The van der Waals surface area contributed by atoms with Crippen molar-refractivity contribution in [1.29, 1.82) is 0 Å². The number of rotatable bonds is 9. The number of hydrogen-bond donors (Lipinski definition) is 2. The molecule has 0 aromatic heterocycles. The van der Waals surface area contributed by atoms with E-state index in [1.54, 1.807) is 12.1 Å². The van der Waals surface area contributed by atoms with Crippen LogP contribution in [0.2, 0.25) is 0 Å². The topological polar surface area (TPSA) is 49.7 Å². The van der Waals surface area contributed by atoms with Gasteiger partial charge in [0.05, 0.1) is 6.10 Å². The summed E-state index contributed by atoms with van der Waals surface area (Å²) < 4.78 is 5.60. The van der Waals surface area contributed by atoms with Gasteiger partial charge in [-0.05, 0) is 60.1 Å². The molecule has 0 aliphatic heterocycles. The first-order chi connectivity index (χ1) is 12.1. The van der Waals surface area contributed by atoms with Crippen LogP contribution in [-0.4, -0.2) is 28.3 Å². The fraction of sp³-hybridized carbons (Fsp3) is 0.429. The van der Waals surface area contributed by atoms with Crippen molar-refractivity contribution in [3.8, 4) is 11.5 Å². The molecule has 2 N–H and O–H groups in total. The quantitative estimate of drug-likeness (QED) is 0.561. The number of phenols is 1. The third-order valence-electron chi connectivity index (χ3n) is 4.62. The summed E-state index contributed by atoms with van der Waals surface area (Å²) in [4.78, 5) is 0. The van der Waals surface area contributed by atoms with Gasteiger partial charge in [0.25, 0.3) is 0 Å². The maximum atomic E-state index is 9.56. The zero-order chi connectivity index (χ0) is 18.2. The molecule has 3 nitrogen and oxygen atoms in total. The molecular weight excluding hydrogens is 380 g/mol. The maximum absolute atomic E-state index is 9.56. The van der Waals surface area contributed by atoms with E-state index < -0.39 is 6.10 Å². The maximum Gasteiger partial charge on any atom is 0.119 e. The summed E-state index contributed by atoms with van der Waals surface area (Å²) in [6, 6.07) is 15.7. The van der Waals surface area contributed by atoms with E-state index in [0.29, 0.717) is 22.9 Å². The lowest BCUT2D eigenvalue weighted by Crippen LogP contribution is -2.18. The first kappa shape index (κ1) is 19.8. The molecule has 1 unspecified atom stereocenters. The molecule has 0 bridgehead atoms. The van der Waals surface area contributed by atoms with Gasteiger partial charge in [0.15, 0.2) is 0 Å². The number of phenolic OH excluding ortho intramolecular Hbond substituents is 1. The van der Waals surface area contributed by atoms with Gasteiger partial charge in [0.2, 0.25) is 0 Å². The van der Waals surface area contributed by atoms with Crippen LogP contribution < -0.4 is 4.74 Å². The Morgan fingerprint density at radius 1 is 0.880 bits per heavy atom. The molecule has 2 aromatic carbocycles. The summed E-state index contributed by atoms with van der Waals surface area (Å²) in [6.45, 7) is 4.71. The number of aliphatic hydroxyl groups excluding tert-OH is 1. The minimum Gasteiger partial charge on any atom is -0.508 e. The third-order valence-corrected chi connectivity index (χ3v) is 5.36. The number of ether oxygens (including phenoxy) is 1. The van der Waals surface area contributed by atoms with Gasteiger partial charge in [-0.3, -0.25) is 0 Å². The normalized spacial score (nSPS) is 14.7. The molecule has 0 aliphatic rings. The highest BCUT2D eigenvalue weighted by atomic mass is 79.9. The molecule has 2 aromatic rings. The molecule has 0 spiro atoms. The zero-order valence-corrected chi connectivity index (χ0v) is 16.4. The lowest BCUT2D eigenvalue weighted by atomic mass is 9.78. The number of hydrogen-bond acceptors (Lipinski definition) is 3. The van der Waals surface area contributed by atoms with Crippen molar-refractivity contribution >= 4 is 15.9 Å². The second kappa shape index (κ2) is 9.83. The Hall–Kier alpha value is -1.52. The molecule has 0 aliphatic carbocycles. The number of aromatic hydroxyl groups is 1. The van der Waals surface area contributed by atoms with E-state index in [0.717, 1.165) is 18.6 Å². The monoisotopic (exact) mass is 406 g/mol. The van der Waals surface area contributed by atoms with Crippen molar-refractivity contribution in [1.82, 2.24) is 0 Å². The smallest absolute Gasteiger partial charge is 0.119 e. The van der Waals surface area contributed by atoms with Gasteiger partial charge in [-0.1, -0.05) is 54.0 Å². The third kappa shape index (κ3) is 5.48. The van der Waals surface area contributed by atoms with Crippen molar-refractivity contribution < 1.29 is 14.9 Å². The van der Waals surface area contributed by atoms with E-state index in [4.69, 9.17) is 4.74 Å². The van der Waals surface area contributed by atoms with E-state index in [-0.39, 0.29) is 6.61 Å². The average molecular weight is 407 g/mol. The van der Waals surface area contributed by atoms with Crippen molar-refractivity contribution in [2.75, 3.05) is 11.9 Å². The highest BCUT2D eigenvalue weighted by Gasteiger charge is 2.22. The minimum absolute atomic E-state index is 0.285. The van der Waals surface area contributed by atoms with Crippen LogP contribution >= 0.6 is 15.9 Å². The van der Waals surface area contributed by atoms with Crippen LogP contribution in [0.3, 0.4) is 0 Å². The van der Waals surface area contributed by atoms with Gasteiger partial charge in [-0.15, -0.1) is 0 Å². The van der Waals surface area contributed by atoms with Crippen LogP contribution in [0.1, 0.15) is 49.7 Å². The summed E-state index contributed by atoms with van der Waals surface area (Å²) in [5.41, 5.74) is 2.55. The summed E-state index contributed by atoms with van der Waals surface area (Å²) in [7, 11) is 0. The van der Waals surface area contributed by atoms with E-state index in [1.165, 1.54) is 11.1 Å². The lowest BCUT2D eigenvalue weighted by molar-refractivity contribution is 0.127. The van der Waals surface area contributed by atoms with E-state index in [1.807, 2.05) is 24.3 Å². The number of alkyl halides is 1. The number of halogens is 1. The van der Waals surface area contributed by atoms with Crippen LogP contribution in [0.25, 0.3) is 0 Å². The first-order valence-electron chi connectivity index (χ1n) is 8.84. The van der Waals surface area contributed by atoms with Gasteiger partial charge < -0.3 is 14.9 Å². The van der Waals surface area contributed by atoms with Crippen LogP contribution in [0.5, 0.6) is 11.5 Å². The Kier molecular flexibility index (Phi) is 7.79. The molecule has 0 saturated heterocycles. The first-order valence-corrected chi connectivity index (χ1v) is 9.96. The molecule has 0 heterocycles. The second-order valence-electron chi connectivity index (χ2n) is 6.31. The standard InChI is InChI=1S/C21H27BrO3/c1-3-20(15-5-9-17(23)10-6-15)21(4-2)16-7-11-19(12-8-16)25-14-18(24)13-22/h5-12,18,20-21,23-24H,3-4,13-14H2,1-2H3/t18?,20-,21+/m1/s1. The Morgan fingerprint density at radius 2 is 1.36 bits per heavy atom. The molecular formula is C21H27BrO3. The Labute approximate surface area is 158 Å². The van der Waals surface area contributed by atoms with Crippen LogP contribution in [0.4, 0.5) is 0 Å². The molecule has 0 radical (unpaired) electrons. The highest BCUT2D eigenvalue weighted by Crippen LogP contribution is 2.38. The summed E-state index contributed by atoms with van der Waals surface area (Å²) >= 11 is 3.23. The molecule has 4 heteroatoms. The predicted molar refractivity (Wildman–Crippen MR) is 106 cm³/mol. The van der Waals surface area contributed by atoms with Gasteiger partial charge in [0.1, 0.15) is 18.1 Å². The van der Waals surface area contributed by atoms with Crippen LogP contribution in [0.15, 0.2) is 48.5 Å². The predicted octanol–water partition coefficient (Wildman–Crippen LogP) is 5.21. The van der Waals surface area contributed by atoms with Gasteiger partial charge in [0, 0.05) is 5.33 Å². The molecule has 0 fully saturated rings. The molecule has 0 amide bonds. The van der Waals surface area contributed by atoms with Gasteiger partial charge in [-0.2, -0.15) is 0 Å². The summed E-state index contributed by atoms with van der Waals surface area (Å²) in [6.07, 6.45) is 1.59. The summed E-state index contributed by atoms with van der Waals surface area (Å²) in [5.74, 6) is 1.90. The van der Waals surface area contributed by atoms with Crippen LogP contribution in [0, 0.1) is 0 Å². The fourth-order valence-electron chi connectivity index (χ4n) is 3.27. The number of benzene rings is 2. The fourth-order valence-corrected chi connectivity index (χ4v) is 3.46. The molecule has 3 atom stereocenters. The molecule has 2 rings (SSSR count). The average Bonchev–Trinajstić information content (AvgIpc) is 2.65. The highest BCUT2D eigenvalue weighted by molar-refractivity contribution is 9.09. The Bertz CT molecular complexity index is 625. The van der Waals surface area contributed by atoms with Crippen molar-refractivity contribution in [2.45, 2.75) is 44.6 Å². The van der Waals surface area contributed by atoms with Crippen molar-refractivity contribution in [2.24, 2.45) is 0 Å². The molecule has 0 saturated carbocycles. The Balaban J connectivity index is 2.14. The SMILES string of the molecule is CC[C@H](c1ccc(O)cc1)[C@@H](CC)c1ccc(OCC(O)CBr)cc1. The van der Waals surface area contributed by atoms with Gasteiger partial charge >= 0.3 is 0 Å². The zero-order valence-electron chi connectivity index (χ0n) is 14.9. The van der Waals surface area contributed by atoms with Crippen molar-refractivity contribution in [3.05, 3.63) is 59.7 Å².